The fourth-order valence-corrected chi connectivity index (χ4v) is 7.93. The highest BCUT2D eigenvalue weighted by molar-refractivity contribution is 6.97. The quantitative estimate of drug-likeness (QED) is 0.104. The summed E-state index contributed by atoms with van der Waals surface area (Å²) in [6.07, 6.45) is 0. The van der Waals surface area contributed by atoms with E-state index in [9.17, 15) is 10.5 Å². The van der Waals surface area contributed by atoms with Gasteiger partial charge in [-0.25, -0.2) is 0 Å². The van der Waals surface area contributed by atoms with Gasteiger partial charge in [-0.2, -0.15) is 10.5 Å². The van der Waals surface area contributed by atoms with Crippen molar-refractivity contribution in [3.8, 4) is 12.1 Å². The molecule has 0 fully saturated rings. The van der Waals surface area contributed by atoms with Crippen LogP contribution in [0.1, 0.15) is 11.1 Å². The van der Waals surface area contributed by atoms with E-state index in [0.29, 0.717) is 11.1 Å². The zero-order chi connectivity index (χ0) is 33.6. The minimum Gasteiger partial charge on any atom is -0.310 e. The zero-order valence-electron chi connectivity index (χ0n) is 27.1. The summed E-state index contributed by atoms with van der Waals surface area (Å²) in [4.78, 5) is 2.25. The van der Waals surface area contributed by atoms with Crippen molar-refractivity contribution in [3.63, 3.8) is 0 Å². The van der Waals surface area contributed by atoms with Gasteiger partial charge in [0.1, 0.15) is 0 Å². The van der Waals surface area contributed by atoms with Gasteiger partial charge in [-0.1, -0.05) is 150 Å². The molecule has 0 aliphatic carbocycles. The molecule has 0 heterocycles. The molecule has 0 spiro atoms. The van der Waals surface area contributed by atoms with Crippen molar-refractivity contribution < 1.29 is 0 Å². The van der Waals surface area contributed by atoms with Crippen molar-refractivity contribution in [2.75, 3.05) is 4.90 Å². The molecule has 0 amide bonds. The first-order valence-electron chi connectivity index (χ1n) is 16.8. The molecular formula is C46H28BN3. The summed E-state index contributed by atoms with van der Waals surface area (Å²) in [5.74, 6) is 0. The molecular weight excluding hydrogens is 605 g/mol. The van der Waals surface area contributed by atoms with E-state index in [1.165, 1.54) is 0 Å². The van der Waals surface area contributed by atoms with Crippen LogP contribution in [0.3, 0.4) is 0 Å². The molecule has 9 aromatic carbocycles. The third-order valence-electron chi connectivity index (χ3n) is 9.97. The van der Waals surface area contributed by atoms with Gasteiger partial charge >= 0.3 is 0 Å². The number of hydrogen-bond donors (Lipinski definition) is 0. The summed E-state index contributed by atoms with van der Waals surface area (Å²) in [7, 11) is 0. The summed E-state index contributed by atoms with van der Waals surface area (Å²) in [5.41, 5.74) is 7.50. The molecule has 0 unspecified atom stereocenters. The van der Waals surface area contributed by atoms with Crippen molar-refractivity contribution in [1.29, 1.82) is 10.5 Å². The van der Waals surface area contributed by atoms with Crippen LogP contribution in [0.15, 0.2) is 170 Å². The summed E-state index contributed by atoms with van der Waals surface area (Å²) >= 11 is 0. The van der Waals surface area contributed by atoms with E-state index < -0.39 is 0 Å². The first kappa shape index (κ1) is 29.3. The van der Waals surface area contributed by atoms with Gasteiger partial charge in [0, 0.05) is 32.9 Å². The van der Waals surface area contributed by atoms with Crippen LogP contribution in [0.25, 0.3) is 43.1 Å². The van der Waals surface area contributed by atoms with Crippen molar-refractivity contribution >= 4 is 83.3 Å². The van der Waals surface area contributed by atoms with Crippen molar-refractivity contribution in [2.24, 2.45) is 0 Å². The van der Waals surface area contributed by atoms with Crippen LogP contribution in [-0.2, 0) is 0 Å². The minimum absolute atomic E-state index is 0.111. The van der Waals surface area contributed by atoms with Crippen LogP contribution in [0.4, 0.5) is 17.1 Å². The maximum Gasteiger partial charge on any atom is 0.242 e. The lowest BCUT2D eigenvalue weighted by molar-refractivity contribution is 1.30. The predicted molar refractivity (Wildman–Crippen MR) is 209 cm³/mol. The Hall–Kier alpha value is -6.88. The first-order valence-corrected chi connectivity index (χ1v) is 16.8. The molecule has 0 N–H and O–H groups in total. The van der Waals surface area contributed by atoms with E-state index in [1.54, 1.807) is 0 Å². The largest absolute Gasteiger partial charge is 0.310 e. The van der Waals surface area contributed by atoms with E-state index in [-0.39, 0.29) is 6.71 Å². The van der Waals surface area contributed by atoms with Gasteiger partial charge in [0.05, 0.1) is 29.0 Å². The number of anilines is 3. The molecule has 0 aliphatic heterocycles. The van der Waals surface area contributed by atoms with Crippen LogP contribution in [-0.4, -0.2) is 6.71 Å². The number of rotatable bonds is 6. The Morgan fingerprint density at radius 2 is 0.860 bits per heavy atom. The highest BCUT2D eigenvalue weighted by atomic mass is 15.1. The summed E-state index contributed by atoms with van der Waals surface area (Å²) < 4.78 is 0. The maximum absolute atomic E-state index is 10.9. The molecule has 230 valence electrons. The Kier molecular flexibility index (Phi) is 7.01. The van der Waals surface area contributed by atoms with Crippen LogP contribution in [0.2, 0.25) is 0 Å². The third kappa shape index (κ3) is 4.51. The average Bonchev–Trinajstić information content (AvgIpc) is 3.19. The predicted octanol–water partition coefficient (Wildman–Crippen LogP) is 9.47. The van der Waals surface area contributed by atoms with Crippen LogP contribution >= 0.6 is 0 Å². The van der Waals surface area contributed by atoms with Gasteiger partial charge in [0.25, 0.3) is 0 Å². The number of fused-ring (bicyclic) bond motifs is 3. The monoisotopic (exact) mass is 633 g/mol. The van der Waals surface area contributed by atoms with Gasteiger partial charge in [-0.15, -0.1) is 0 Å². The lowest BCUT2D eigenvalue weighted by Crippen LogP contribution is -2.52. The van der Waals surface area contributed by atoms with Crippen molar-refractivity contribution in [3.05, 3.63) is 181 Å². The van der Waals surface area contributed by atoms with Crippen LogP contribution in [0.5, 0.6) is 0 Å². The molecule has 9 aromatic rings. The van der Waals surface area contributed by atoms with E-state index in [0.717, 1.165) is 76.5 Å². The molecule has 0 radical (unpaired) electrons. The van der Waals surface area contributed by atoms with E-state index in [4.69, 9.17) is 0 Å². The molecule has 0 saturated heterocycles. The number of benzene rings is 9. The second-order valence-electron chi connectivity index (χ2n) is 12.6. The molecule has 4 heteroatoms. The lowest BCUT2D eigenvalue weighted by Gasteiger charge is -2.29. The topological polar surface area (TPSA) is 50.8 Å². The van der Waals surface area contributed by atoms with Gasteiger partial charge in [0.2, 0.25) is 6.71 Å². The highest BCUT2D eigenvalue weighted by Gasteiger charge is 2.29. The smallest absolute Gasteiger partial charge is 0.242 e. The Bertz CT molecular complexity index is 2690. The number of nitriles is 2. The molecule has 3 nitrogen and oxygen atoms in total. The van der Waals surface area contributed by atoms with Gasteiger partial charge < -0.3 is 4.90 Å². The average molecular weight is 634 g/mol. The number of nitrogens with zero attached hydrogens (tertiary/aromatic N) is 3. The van der Waals surface area contributed by atoms with Gasteiger partial charge in [-0.05, 0) is 57.9 Å². The van der Waals surface area contributed by atoms with Gasteiger partial charge in [0.15, 0.2) is 0 Å². The standard InChI is InChI=1S/C46H28BN3/c48-29-31-28-42(50(35-19-9-3-10-20-35)36-21-11-4-12-22-36)44-39-24-14-13-23-38(39)43-32(30-49)27-41(40-26-25-37(31)45(44)46(40)43)47(33-15-5-1-6-16-33)34-17-7-2-8-18-34/h1-28H. The number of para-hydroxylation sites is 2. The van der Waals surface area contributed by atoms with Crippen molar-refractivity contribution in [1.82, 2.24) is 0 Å². The van der Waals surface area contributed by atoms with Crippen LogP contribution < -0.4 is 21.3 Å². The fraction of sp³-hybridized carbons (Fsp3) is 0. The Balaban J connectivity index is 1.51. The SMILES string of the molecule is N#Cc1cc(N(c2ccccc2)c2ccccc2)c2c3ccccc3c3c(C#N)cc(B(c4ccccc4)c4ccccc4)c4ccc1c2c43. The normalized spacial score (nSPS) is 11.2. The molecule has 0 aromatic heterocycles. The molecule has 9 rings (SSSR count). The Labute approximate surface area is 290 Å². The number of hydrogen-bond acceptors (Lipinski definition) is 3. The highest BCUT2D eigenvalue weighted by Crippen LogP contribution is 2.49. The Morgan fingerprint density at radius 3 is 1.40 bits per heavy atom. The maximum atomic E-state index is 10.9. The summed E-state index contributed by atoms with van der Waals surface area (Å²) in [5, 5.41) is 29.7. The zero-order valence-corrected chi connectivity index (χ0v) is 27.1. The molecule has 0 aliphatic rings. The van der Waals surface area contributed by atoms with E-state index >= 15 is 0 Å². The molecule has 0 bridgehead atoms. The second-order valence-corrected chi connectivity index (χ2v) is 12.6. The summed E-state index contributed by atoms with van der Waals surface area (Å²) in [6, 6.07) is 63.7. The van der Waals surface area contributed by atoms with Crippen LogP contribution in [0, 0.1) is 22.7 Å². The molecule has 0 saturated carbocycles. The Morgan fingerprint density at radius 1 is 0.400 bits per heavy atom. The van der Waals surface area contributed by atoms with Crippen molar-refractivity contribution in [2.45, 2.75) is 0 Å². The second kappa shape index (κ2) is 12.0. The van der Waals surface area contributed by atoms with E-state index in [2.05, 4.69) is 132 Å². The third-order valence-corrected chi connectivity index (χ3v) is 9.97. The lowest BCUT2D eigenvalue weighted by atomic mass is 9.36. The first-order chi connectivity index (χ1) is 24.8. The molecule has 50 heavy (non-hydrogen) atoms. The van der Waals surface area contributed by atoms with Gasteiger partial charge in [-0.3, -0.25) is 0 Å². The fourth-order valence-electron chi connectivity index (χ4n) is 7.93. The minimum atomic E-state index is -0.111. The molecule has 0 atom stereocenters. The summed E-state index contributed by atoms with van der Waals surface area (Å²) in [6.45, 7) is -0.111. The van der Waals surface area contributed by atoms with E-state index in [1.807, 2.05) is 54.6 Å².